The molecule has 0 unspecified atom stereocenters. The standard InChI is InChI=1S/C20H29N3O2/c1-19(25)10-6-5-9-17(19)22-13-11-20(12-14-22)18(24)21-15-23(20)16-7-3-2-4-8-16/h2-4,7-8,17,25H,5-6,9-15H2,1H3,(H,21,24)/t17-,19+/m1/s1. The van der Waals surface area contributed by atoms with Crippen molar-refractivity contribution in [3.05, 3.63) is 30.3 Å². The highest BCUT2D eigenvalue weighted by atomic mass is 16.3. The normalized spacial score (nSPS) is 32.8. The Morgan fingerprint density at radius 2 is 1.84 bits per heavy atom. The molecule has 2 aliphatic heterocycles. The zero-order valence-corrected chi connectivity index (χ0v) is 15.1. The van der Waals surface area contributed by atoms with E-state index in [2.05, 4.69) is 27.2 Å². The van der Waals surface area contributed by atoms with Gasteiger partial charge >= 0.3 is 0 Å². The maximum Gasteiger partial charge on any atom is 0.247 e. The summed E-state index contributed by atoms with van der Waals surface area (Å²) in [6, 6.07) is 10.5. The van der Waals surface area contributed by atoms with Gasteiger partial charge in [0.2, 0.25) is 5.91 Å². The molecule has 5 nitrogen and oxygen atoms in total. The summed E-state index contributed by atoms with van der Waals surface area (Å²) in [5, 5.41) is 13.9. The number of hydrogen-bond acceptors (Lipinski definition) is 4. The third-order valence-corrected chi connectivity index (χ3v) is 6.60. The van der Waals surface area contributed by atoms with E-state index in [0.29, 0.717) is 6.67 Å². The molecule has 1 amide bonds. The summed E-state index contributed by atoms with van der Waals surface area (Å²) in [6.45, 7) is 4.32. The minimum atomic E-state index is -0.597. The number of amides is 1. The Kier molecular flexibility index (Phi) is 4.24. The minimum absolute atomic E-state index is 0.159. The van der Waals surface area contributed by atoms with Gasteiger partial charge in [-0.2, -0.15) is 0 Å². The molecule has 25 heavy (non-hydrogen) atoms. The summed E-state index contributed by atoms with van der Waals surface area (Å²) in [4.78, 5) is 17.4. The van der Waals surface area contributed by atoms with Crippen LogP contribution in [0.25, 0.3) is 0 Å². The molecule has 136 valence electrons. The fourth-order valence-electron chi connectivity index (χ4n) is 5.11. The van der Waals surface area contributed by atoms with Gasteiger partial charge in [-0.05, 0) is 44.7 Å². The van der Waals surface area contributed by atoms with Crippen LogP contribution < -0.4 is 10.2 Å². The van der Waals surface area contributed by atoms with Crippen molar-refractivity contribution in [1.29, 1.82) is 0 Å². The third-order valence-electron chi connectivity index (χ3n) is 6.60. The molecule has 0 aromatic heterocycles. The summed E-state index contributed by atoms with van der Waals surface area (Å²) in [5.41, 5.74) is 0.0806. The second-order valence-electron chi connectivity index (χ2n) is 8.11. The molecule has 2 atom stereocenters. The highest BCUT2D eigenvalue weighted by Crippen LogP contribution is 2.39. The van der Waals surface area contributed by atoms with Crippen LogP contribution in [-0.2, 0) is 4.79 Å². The summed E-state index contributed by atoms with van der Waals surface area (Å²) in [5.74, 6) is 0.159. The predicted octanol–water partition coefficient (Wildman–Crippen LogP) is 2.11. The number of nitrogens with one attached hydrogen (secondary N) is 1. The van der Waals surface area contributed by atoms with Crippen LogP contribution in [0.4, 0.5) is 5.69 Å². The van der Waals surface area contributed by atoms with Crippen molar-refractivity contribution in [2.24, 2.45) is 0 Å². The van der Waals surface area contributed by atoms with Crippen LogP contribution in [0.3, 0.4) is 0 Å². The first-order valence-electron chi connectivity index (χ1n) is 9.60. The first kappa shape index (κ1) is 16.9. The van der Waals surface area contributed by atoms with E-state index < -0.39 is 11.1 Å². The second kappa shape index (κ2) is 6.29. The van der Waals surface area contributed by atoms with E-state index in [4.69, 9.17) is 0 Å². The summed E-state index contributed by atoms with van der Waals surface area (Å²) in [7, 11) is 0. The van der Waals surface area contributed by atoms with Crippen LogP contribution in [0, 0.1) is 0 Å². The van der Waals surface area contributed by atoms with Crippen LogP contribution in [0.1, 0.15) is 45.4 Å². The molecular weight excluding hydrogens is 314 g/mol. The van der Waals surface area contributed by atoms with E-state index in [0.717, 1.165) is 50.9 Å². The maximum atomic E-state index is 12.7. The molecule has 1 aromatic rings. The molecule has 3 fully saturated rings. The number of rotatable bonds is 2. The number of carbonyl (C=O) groups is 1. The number of benzene rings is 1. The predicted molar refractivity (Wildman–Crippen MR) is 98.3 cm³/mol. The van der Waals surface area contributed by atoms with Crippen molar-refractivity contribution >= 4 is 11.6 Å². The molecular formula is C20H29N3O2. The molecule has 0 bridgehead atoms. The van der Waals surface area contributed by atoms with Gasteiger partial charge in [0, 0.05) is 24.8 Å². The van der Waals surface area contributed by atoms with E-state index >= 15 is 0 Å². The van der Waals surface area contributed by atoms with Crippen molar-refractivity contribution in [1.82, 2.24) is 10.2 Å². The van der Waals surface area contributed by atoms with Crippen LogP contribution in [0.15, 0.2) is 30.3 Å². The number of para-hydroxylation sites is 1. The number of hydrogen-bond donors (Lipinski definition) is 2. The molecule has 0 radical (unpaired) electrons. The number of anilines is 1. The fourth-order valence-corrected chi connectivity index (χ4v) is 5.11. The van der Waals surface area contributed by atoms with Gasteiger partial charge in [-0.25, -0.2) is 0 Å². The number of likely N-dealkylation sites (tertiary alicyclic amines) is 1. The smallest absolute Gasteiger partial charge is 0.247 e. The van der Waals surface area contributed by atoms with E-state index in [-0.39, 0.29) is 11.9 Å². The number of piperidine rings is 1. The van der Waals surface area contributed by atoms with E-state index in [1.807, 2.05) is 25.1 Å². The summed E-state index contributed by atoms with van der Waals surface area (Å²) < 4.78 is 0. The Bertz CT molecular complexity index is 623. The van der Waals surface area contributed by atoms with Crippen LogP contribution >= 0.6 is 0 Å². The zero-order chi connectivity index (χ0) is 17.5. The average Bonchev–Trinajstić information content (AvgIpc) is 2.93. The highest BCUT2D eigenvalue weighted by Gasteiger charge is 2.52. The van der Waals surface area contributed by atoms with E-state index in [1.165, 1.54) is 6.42 Å². The Labute approximate surface area is 150 Å². The molecule has 2 N–H and O–H groups in total. The Balaban J connectivity index is 1.52. The van der Waals surface area contributed by atoms with Crippen molar-refractivity contribution < 1.29 is 9.90 Å². The minimum Gasteiger partial charge on any atom is -0.389 e. The summed E-state index contributed by atoms with van der Waals surface area (Å²) in [6.07, 6.45) is 5.90. The van der Waals surface area contributed by atoms with E-state index in [9.17, 15) is 9.90 Å². The highest BCUT2D eigenvalue weighted by molar-refractivity contribution is 5.93. The zero-order valence-electron chi connectivity index (χ0n) is 15.1. The Morgan fingerprint density at radius 3 is 2.52 bits per heavy atom. The molecule has 2 heterocycles. The van der Waals surface area contributed by atoms with Gasteiger partial charge in [0.1, 0.15) is 5.54 Å². The van der Waals surface area contributed by atoms with Crippen LogP contribution in [0.5, 0.6) is 0 Å². The lowest BCUT2D eigenvalue weighted by Gasteiger charge is -2.49. The molecule has 3 aliphatic rings. The van der Waals surface area contributed by atoms with Crippen LogP contribution in [-0.4, -0.2) is 52.9 Å². The monoisotopic (exact) mass is 343 g/mol. The van der Waals surface area contributed by atoms with Gasteiger partial charge in [0.15, 0.2) is 0 Å². The van der Waals surface area contributed by atoms with Crippen molar-refractivity contribution in [3.63, 3.8) is 0 Å². The molecule has 1 aromatic carbocycles. The number of nitrogens with zero attached hydrogens (tertiary/aromatic N) is 2. The van der Waals surface area contributed by atoms with Gasteiger partial charge in [0.25, 0.3) is 0 Å². The first-order valence-corrected chi connectivity index (χ1v) is 9.60. The quantitative estimate of drug-likeness (QED) is 0.864. The van der Waals surface area contributed by atoms with Gasteiger partial charge in [-0.15, -0.1) is 0 Å². The molecule has 1 saturated carbocycles. The summed E-state index contributed by atoms with van der Waals surface area (Å²) >= 11 is 0. The molecule has 2 saturated heterocycles. The van der Waals surface area contributed by atoms with Crippen molar-refractivity contribution in [2.75, 3.05) is 24.7 Å². The Morgan fingerprint density at radius 1 is 1.12 bits per heavy atom. The average molecular weight is 343 g/mol. The largest absolute Gasteiger partial charge is 0.389 e. The van der Waals surface area contributed by atoms with Gasteiger partial charge in [-0.1, -0.05) is 31.0 Å². The van der Waals surface area contributed by atoms with Crippen molar-refractivity contribution in [3.8, 4) is 0 Å². The van der Waals surface area contributed by atoms with Crippen LogP contribution in [0.2, 0.25) is 0 Å². The molecule has 1 spiro atoms. The lowest BCUT2D eigenvalue weighted by molar-refractivity contribution is -0.126. The lowest BCUT2D eigenvalue weighted by Crippen LogP contribution is -2.61. The van der Waals surface area contributed by atoms with Gasteiger partial charge < -0.3 is 15.3 Å². The number of aliphatic hydroxyl groups is 1. The molecule has 5 heteroatoms. The number of carbonyl (C=O) groups excluding carboxylic acids is 1. The third kappa shape index (κ3) is 2.83. The lowest BCUT2D eigenvalue weighted by atomic mass is 9.78. The van der Waals surface area contributed by atoms with Gasteiger partial charge in [0.05, 0.1) is 12.3 Å². The van der Waals surface area contributed by atoms with Gasteiger partial charge in [-0.3, -0.25) is 9.69 Å². The first-order chi connectivity index (χ1) is 12.0. The fraction of sp³-hybridized carbons (Fsp3) is 0.650. The molecule has 4 rings (SSSR count). The second-order valence-corrected chi connectivity index (χ2v) is 8.11. The van der Waals surface area contributed by atoms with E-state index in [1.54, 1.807) is 0 Å². The Hall–Kier alpha value is -1.59. The maximum absolute atomic E-state index is 12.7. The SMILES string of the molecule is C[C@]1(O)CCCC[C@H]1N1CCC2(CC1)C(=O)NCN2c1ccccc1. The van der Waals surface area contributed by atoms with Crippen molar-refractivity contribution in [2.45, 2.75) is 62.6 Å². The molecule has 1 aliphatic carbocycles. The topological polar surface area (TPSA) is 55.8 Å².